The summed E-state index contributed by atoms with van der Waals surface area (Å²) in [7, 11) is 1.67. The third-order valence-electron chi connectivity index (χ3n) is 3.37. The van der Waals surface area contributed by atoms with Gasteiger partial charge < -0.3 is 16.0 Å². The first-order valence-corrected chi connectivity index (χ1v) is 6.51. The lowest BCUT2D eigenvalue weighted by Crippen LogP contribution is -2.42. The zero-order valence-corrected chi connectivity index (χ0v) is 11.2. The van der Waals surface area contributed by atoms with Gasteiger partial charge in [-0.2, -0.15) is 0 Å². The maximum Gasteiger partial charge on any atom is 0.224 e. The fraction of sp³-hybridized carbons (Fsp3) is 0.462. The minimum Gasteiger partial charge on any atom is -0.397 e. The third-order valence-corrected chi connectivity index (χ3v) is 3.68. The minimum absolute atomic E-state index is 0.0134. The van der Waals surface area contributed by atoms with E-state index in [1.165, 1.54) is 0 Å². The van der Waals surface area contributed by atoms with E-state index in [0.29, 0.717) is 17.3 Å². The van der Waals surface area contributed by atoms with Crippen LogP contribution in [-0.4, -0.2) is 26.0 Å². The number of nitrogen functional groups attached to an aromatic ring is 1. The molecule has 98 valence electrons. The summed E-state index contributed by atoms with van der Waals surface area (Å²) in [5, 5.41) is 3.35. The van der Waals surface area contributed by atoms with Crippen LogP contribution < -0.4 is 16.0 Å². The summed E-state index contributed by atoms with van der Waals surface area (Å²) in [4.78, 5) is 13.8. The zero-order valence-electron chi connectivity index (χ0n) is 10.4. The number of halogens is 1. The SMILES string of the molecule is CNC(=O)C1CCCN(c2c(N)cccc2Cl)C1. The second-order valence-corrected chi connectivity index (χ2v) is 4.98. The summed E-state index contributed by atoms with van der Waals surface area (Å²) in [6.07, 6.45) is 1.89. The van der Waals surface area contributed by atoms with Crippen molar-refractivity contribution >= 4 is 28.9 Å². The first-order chi connectivity index (χ1) is 8.63. The lowest BCUT2D eigenvalue weighted by Gasteiger charge is -2.34. The van der Waals surface area contributed by atoms with Crippen LogP contribution in [0.25, 0.3) is 0 Å². The number of para-hydroxylation sites is 1. The van der Waals surface area contributed by atoms with E-state index in [0.717, 1.165) is 25.1 Å². The Hall–Kier alpha value is -1.42. The van der Waals surface area contributed by atoms with Crippen LogP contribution in [0.5, 0.6) is 0 Å². The molecule has 0 aliphatic carbocycles. The molecule has 0 saturated carbocycles. The maximum atomic E-state index is 11.7. The summed E-state index contributed by atoms with van der Waals surface area (Å²) < 4.78 is 0. The highest BCUT2D eigenvalue weighted by Gasteiger charge is 2.26. The van der Waals surface area contributed by atoms with Crippen molar-refractivity contribution in [2.24, 2.45) is 5.92 Å². The Balaban J connectivity index is 2.21. The van der Waals surface area contributed by atoms with Crippen molar-refractivity contribution in [3.63, 3.8) is 0 Å². The van der Waals surface area contributed by atoms with Crippen molar-refractivity contribution in [3.8, 4) is 0 Å². The molecule has 4 nitrogen and oxygen atoms in total. The van der Waals surface area contributed by atoms with Gasteiger partial charge in [-0.05, 0) is 25.0 Å². The Morgan fingerprint density at radius 3 is 3.00 bits per heavy atom. The van der Waals surface area contributed by atoms with E-state index in [9.17, 15) is 4.79 Å². The summed E-state index contributed by atoms with van der Waals surface area (Å²) in [6.45, 7) is 1.56. The van der Waals surface area contributed by atoms with Crippen molar-refractivity contribution in [3.05, 3.63) is 23.2 Å². The number of hydrogen-bond acceptors (Lipinski definition) is 3. The largest absolute Gasteiger partial charge is 0.397 e. The maximum absolute atomic E-state index is 11.7. The lowest BCUT2D eigenvalue weighted by atomic mass is 9.96. The smallest absolute Gasteiger partial charge is 0.224 e. The average Bonchev–Trinajstić information content (AvgIpc) is 2.38. The number of nitrogens with one attached hydrogen (secondary N) is 1. The highest BCUT2D eigenvalue weighted by molar-refractivity contribution is 6.34. The molecule has 1 heterocycles. The minimum atomic E-state index is 0.0134. The van der Waals surface area contributed by atoms with Crippen molar-refractivity contribution in [1.82, 2.24) is 5.32 Å². The van der Waals surface area contributed by atoms with Crippen LogP contribution in [0.1, 0.15) is 12.8 Å². The van der Waals surface area contributed by atoms with E-state index >= 15 is 0 Å². The van der Waals surface area contributed by atoms with E-state index < -0.39 is 0 Å². The van der Waals surface area contributed by atoms with Crippen molar-refractivity contribution in [1.29, 1.82) is 0 Å². The monoisotopic (exact) mass is 267 g/mol. The van der Waals surface area contributed by atoms with Gasteiger partial charge in [-0.25, -0.2) is 0 Å². The number of nitrogens with zero attached hydrogens (tertiary/aromatic N) is 1. The predicted molar refractivity (Wildman–Crippen MR) is 74.9 cm³/mol. The second-order valence-electron chi connectivity index (χ2n) is 4.58. The number of benzene rings is 1. The first kappa shape index (κ1) is 13.0. The number of rotatable bonds is 2. The molecular weight excluding hydrogens is 250 g/mol. The third kappa shape index (κ3) is 2.53. The van der Waals surface area contributed by atoms with E-state index in [2.05, 4.69) is 10.2 Å². The van der Waals surface area contributed by atoms with E-state index in [-0.39, 0.29) is 11.8 Å². The van der Waals surface area contributed by atoms with Gasteiger partial charge in [-0.15, -0.1) is 0 Å². The van der Waals surface area contributed by atoms with Gasteiger partial charge >= 0.3 is 0 Å². The molecule has 1 amide bonds. The molecule has 1 unspecified atom stereocenters. The molecule has 0 bridgehead atoms. The van der Waals surface area contributed by atoms with Crippen molar-refractivity contribution < 1.29 is 4.79 Å². The molecule has 1 aromatic rings. The number of anilines is 2. The van der Waals surface area contributed by atoms with Gasteiger partial charge in [0.2, 0.25) is 5.91 Å². The van der Waals surface area contributed by atoms with Crippen LogP contribution in [0.15, 0.2) is 18.2 Å². The topological polar surface area (TPSA) is 58.4 Å². The molecule has 1 aliphatic rings. The van der Waals surface area contributed by atoms with Crippen molar-refractivity contribution in [2.45, 2.75) is 12.8 Å². The molecule has 5 heteroatoms. The van der Waals surface area contributed by atoms with Gasteiger partial charge in [-0.3, -0.25) is 4.79 Å². The zero-order chi connectivity index (χ0) is 13.1. The molecular formula is C13H18ClN3O. The Labute approximate surface area is 112 Å². The van der Waals surface area contributed by atoms with Crippen LogP contribution in [0, 0.1) is 5.92 Å². The molecule has 3 N–H and O–H groups in total. The number of carbonyl (C=O) groups is 1. The van der Waals surface area contributed by atoms with Gasteiger partial charge in [0.05, 0.1) is 22.3 Å². The van der Waals surface area contributed by atoms with E-state index in [1.807, 2.05) is 18.2 Å². The van der Waals surface area contributed by atoms with Crippen LogP contribution in [0.2, 0.25) is 5.02 Å². The summed E-state index contributed by atoms with van der Waals surface area (Å²) in [5.41, 5.74) is 7.50. The fourth-order valence-corrected chi connectivity index (χ4v) is 2.77. The number of amides is 1. The number of hydrogen-bond donors (Lipinski definition) is 2. The lowest BCUT2D eigenvalue weighted by molar-refractivity contribution is -0.124. The highest BCUT2D eigenvalue weighted by atomic mass is 35.5. The van der Waals surface area contributed by atoms with Crippen LogP contribution in [0.3, 0.4) is 0 Å². The summed E-state index contributed by atoms with van der Waals surface area (Å²) in [6, 6.07) is 5.50. The number of piperidine rings is 1. The van der Waals surface area contributed by atoms with Crippen LogP contribution in [0.4, 0.5) is 11.4 Å². The fourth-order valence-electron chi connectivity index (χ4n) is 2.46. The molecule has 1 aromatic carbocycles. The predicted octanol–water partition coefficient (Wildman–Crippen LogP) is 1.88. The molecule has 0 aromatic heterocycles. The first-order valence-electron chi connectivity index (χ1n) is 6.14. The van der Waals surface area contributed by atoms with Gasteiger partial charge in [0.15, 0.2) is 0 Å². The Kier molecular flexibility index (Phi) is 3.97. The van der Waals surface area contributed by atoms with Gasteiger partial charge in [-0.1, -0.05) is 17.7 Å². The highest BCUT2D eigenvalue weighted by Crippen LogP contribution is 2.34. The number of nitrogens with two attached hydrogens (primary N) is 1. The van der Waals surface area contributed by atoms with E-state index in [1.54, 1.807) is 7.05 Å². The Morgan fingerprint density at radius 2 is 2.33 bits per heavy atom. The second kappa shape index (κ2) is 5.48. The van der Waals surface area contributed by atoms with Gasteiger partial charge in [0, 0.05) is 20.1 Å². The number of carbonyl (C=O) groups excluding carboxylic acids is 1. The van der Waals surface area contributed by atoms with E-state index in [4.69, 9.17) is 17.3 Å². The van der Waals surface area contributed by atoms with Crippen LogP contribution >= 0.6 is 11.6 Å². The molecule has 1 fully saturated rings. The Bertz CT molecular complexity index is 430. The molecule has 1 saturated heterocycles. The molecule has 18 heavy (non-hydrogen) atoms. The summed E-state index contributed by atoms with van der Waals surface area (Å²) >= 11 is 6.20. The normalized spacial score (nSPS) is 19.7. The molecule has 1 aliphatic heterocycles. The average molecular weight is 268 g/mol. The molecule has 2 rings (SSSR count). The standard InChI is InChI=1S/C13H18ClN3O/c1-16-13(18)9-4-3-7-17(8-9)12-10(14)5-2-6-11(12)15/h2,5-6,9H,3-4,7-8,15H2,1H3,(H,16,18). The Morgan fingerprint density at radius 1 is 1.56 bits per heavy atom. The van der Waals surface area contributed by atoms with Crippen LogP contribution in [-0.2, 0) is 4.79 Å². The van der Waals surface area contributed by atoms with Gasteiger partial charge in [0.25, 0.3) is 0 Å². The quantitative estimate of drug-likeness (QED) is 0.805. The van der Waals surface area contributed by atoms with Gasteiger partial charge in [0.1, 0.15) is 0 Å². The molecule has 1 atom stereocenters. The molecule has 0 spiro atoms. The molecule has 0 radical (unpaired) electrons. The summed E-state index contributed by atoms with van der Waals surface area (Å²) in [5.74, 6) is 0.102. The van der Waals surface area contributed by atoms with Crippen molar-refractivity contribution in [2.75, 3.05) is 30.8 Å².